The van der Waals surface area contributed by atoms with Gasteiger partial charge in [0.15, 0.2) is 6.10 Å². The highest BCUT2D eigenvalue weighted by Gasteiger charge is 2.28. The molecule has 3 atom stereocenters. The summed E-state index contributed by atoms with van der Waals surface area (Å²) in [5, 5.41) is 9.75. The lowest BCUT2D eigenvalue weighted by molar-refractivity contribution is -0.161. The summed E-state index contributed by atoms with van der Waals surface area (Å²) in [5.74, 6) is -1.47. The number of carbonyl (C=O) groups is 3. The Kier molecular flexibility index (Phi) is 45.9. The van der Waals surface area contributed by atoms with Crippen LogP contribution in [0.5, 0.6) is 0 Å². The number of phosphoric acid groups is 1. The quantitative estimate of drug-likeness (QED) is 0.0197. The molecule has 3 unspecified atom stereocenters. The van der Waals surface area contributed by atoms with E-state index in [1.165, 1.54) is 96.3 Å². The zero-order valence-electron chi connectivity index (χ0n) is 41.3. The fourth-order valence-corrected chi connectivity index (χ4v) is 8.04. The first-order chi connectivity index (χ1) is 31.2. The van der Waals surface area contributed by atoms with E-state index in [9.17, 15) is 28.9 Å². The van der Waals surface area contributed by atoms with Crippen molar-refractivity contribution < 1.29 is 52.2 Å². The third kappa shape index (κ3) is 45.1. The summed E-state index contributed by atoms with van der Waals surface area (Å²) in [5.41, 5.74) is 0. The van der Waals surface area contributed by atoms with Crippen molar-refractivity contribution >= 4 is 25.7 Å². The molecule has 0 aliphatic rings. The molecule has 376 valence electrons. The van der Waals surface area contributed by atoms with Crippen LogP contribution in [0.1, 0.15) is 252 Å². The molecule has 0 rings (SSSR count). The maximum atomic E-state index is 12.8. The average molecular weight is 929 g/mol. The lowest BCUT2D eigenvalue weighted by Gasteiger charge is -2.21. The summed E-state index contributed by atoms with van der Waals surface area (Å²) in [6.45, 7) is 4.56. The van der Waals surface area contributed by atoms with E-state index < -0.39 is 57.8 Å². The van der Waals surface area contributed by atoms with Crippen LogP contribution in [0.25, 0.3) is 0 Å². The zero-order chi connectivity index (χ0) is 47.0. The lowest BCUT2D eigenvalue weighted by atomic mass is 10.0. The van der Waals surface area contributed by atoms with E-state index in [-0.39, 0.29) is 25.9 Å². The van der Waals surface area contributed by atoms with E-state index in [1.54, 1.807) is 0 Å². The number of esters is 3. The molecule has 0 saturated heterocycles. The minimum absolute atomic E-state index is 0.170. The summed E-state index contributed by atoms with van der Waals surface area (Å²) in [4.78, 5) is 48.2. The van der Waals surface area contributed by atoms with Crippen molar-refractivity contribution in [2.24, 2.45) is 0 Å². The normalized spacial score (nSPS) is 13.6. The molecular formula is C52H97O11P. The molecule has 11 nitrogen and oxygen atoms in total. The molecule has 0 aromatic carbocycles. The third-order valence-corrected chi connectivity index (χ3v) is 12.3. The van der Waals surface area contributed by atoms with Crippen molar-refractivity contribution in [2.75, 3.05) is 26.4 Å². The number of phosphoric ester groups is 1. The molecule has 0 aromatic heterocycles. The Labute approximate surface area is 391 Å². The van der Waals surface area contributed by atoms with Crippen LogP contribution in [0.4, 0.5) is 0 Å². The van der Waals surface area contributed by atoms with Crippen molar-refractivity contribution in [1.82, 2.24) is 0 Å². The van der Waals surface area contributed by atoms with Crippen molar-refractivity contribution in [3.63, 3.8) is 0 Å². The molecule has 0 heterocycles. The van der Waals surface area contributed by atoms with Crippen molar-refractivity contribution in [1.29, 1.82) is 0 Å². The van der Waals surface area contributed by atoms with Gasteiger partial charge in [0.1, 0.15) is 12.7 Å². The summed E-state index contributed by atoms with van der Waals surface area (Å²) in [7, 11) is -4.73. The molecule has 0 saturated carbocycles. The highest BCUT2D eigenvalue weighted by atomic mass is 31.2. The van der Waals surface area contributed by atoms with E-state index in [0.717, 1.165) is 96.3 Å². The standard InChI is InChI=1S/C52H97O11P/c1-4-7-10-13-16-19-22-23-24-25-28-31-34-37-40-43-52(56)63-49(45-59-50(54)41-38-35-32-29-26-20-17-14-11-8-5-2)47-61-64(57,58)60-46-48(44-53)62-51(55)42-39-36-33-30-27-21-18-15-12-9-6-3/h14-15,17-18,48-49,53H,4-13,16,19-47H2,1-3H3,(H,57,58)/b17-14-,18-15-. The smallest absolute Gasteiger partial charge is 0.462 e. The second-order valence-corrected chi connectivity index (χ2v) is 19.1. The Bertz CT molecular complexity index is 1180. The van der Waals surface area contributed by atoms with Gasteiger partial charge < -0.3 is 24.2 Å². The summed E-state index contributed by atoms with van der Waals surface area (Å²) >= 11 is 0. The van der Waals surface area contributed by atoms with Crippen LogP contribution in [0.2, 0.25) is 0 Å². The van der Waals surface area contributed by atoms with Crippen LogP contribution in [0.15, 0.2) is 24.3 Å². The molecule has 0 amide bonds. The molecule has 0 aliphatic heterocycles. The van der Waals surface area contributed by atoms with E-state index in [1.807, 2.05) is 0 Å². The SMILES string of the molecule is CCCC/C=C\CCCCCCCC(=O)OCC(COP(=O)(O)OCC(CO)OC(=O)CCCCCCC/C=C\CCCC)OC(=O)CCCCCCCCCCCCCCCCC. The van der Waals surface area contributed by atoms with Gasteiger partial charge in [-0.3, -0.25) is 23.4 Å². The van der Waals surface area contributed by atoms with Gasteiger partial charge in [0.2, 0.25) is 0 Å². The first kappa shape index (κ1) is 62.0. The van der Waals surface area contributed by atoms with Gasteiger partial charge in [0.25, 0.3) is 0 Å². The molecule has 0 bridgehead atoms. The van der Waals surface area contributed by atoms with E-state index >= 15 is 0 Å². The number of unbranched alkanes of at least 4 members (excludes halogenated alkanes) is 28. The average Bonchev–Trinajstić information content (AvgIpc) is 3.28. The van der Waals surface area contributed by atoms with E-state index in [4.69, 9.17) is 23.3 Å². The number of aliphatic hydroxyl groups is 1. The number of carbonyl (C=O) groups excluding carboxylic acids is 3. The molecule has 0 radical (unpaired) electrons. The maximum Gasteiger partial charge on any atom is 0.472 e. The topological polar surface area (TPSA) is 155 Å². The number of hydrogen-bond acceptors (Lipinski definition) is 10. The maximum absolute atomic E-state index is 12.8. The summed E-state index contributed by atoms with van der Waals surface area (Å²) in [6.07, 6.45) is 44.3. The van der Waals surface area contributed by atoms with Crippen LogP contribution in [-0.4, -0.2) is 66.5 Å². The van der Waals surface area contributed by atoms with Gasteiger partial charge in [-0.05, 0) is 57.8 Å². The highest BCUT2D eigenvalue weighted by Crippen LogP contribution is 2.43. The van der Waals surface area contributed by atoms with Crippen molar-refractivity contribution in [3.8, 4) is 0 Å². The minimum atomic E-state index is -4.73. The van der Waals surface area contributed by atoms with Gasteiger partial charge in [0.05, 0.1) is 19.8 Å². The predicted octanol–water partition coefficient (Wildman–Crippen LogP) is 14.7. The van der Waals surface area contributed by atoms with Crippen LogP contribution in [0, 0.1) is 0 Å². The molecular weight excluding hydrogens is 832 g/mol. The lowest BCUT2D eigenvalue weighted by Crippen LogP contribution is -2.30. The monoisotopic (exact) mass is 929 g/mol. The van der Waals surface area contributed by atoms with Crippen LogP contribution in [0.3, 0.4) is 0 Å². The largest absolute Gasteiger partial charge is 0.472 e. The Hall–Kier alpha value is -2.04. The van der Waals surface area contributed by atoms with Crippen LogP contribution >= 0.6 is 7.82 Å². The number of aliphatic hydroxyl groups excluding tert-OH is 1. The van der Waals surface area contributed by atoms with E-state index in [0.29, 0.717) is 19.3 Å². The van der Waals surface area contributed by atoms with Crippen molar-refractivity contribution in [2.45, 2.75) is 264 Å². The Balaban J connectivity index is 4.71. The third-order valence-electron chi connectivity index (χ3n) is 11.3. The molecule has 2 N–H and O–H groups in total. The fourth-order valence-electron chi connectivity index (χ4n) is 7.26. The van der Waals surface area contributed by atoms with Crippen molar-refractivity contribution in [3.05, 3.63) is 24.3 Å². The minimum Gasteiger partial charge on any atom is -0.462 e. The molecule has 12 heteroatoms. The predicted molar refractivity (Wildman–Crippen MR) is 261 cm³/mol. The summed E-state index contributed by atoms with van der Waals surface area (Å²) < 4.78 is 39.3. The Morgan fingerprint density at radius 2 is 0.734 bits per heavy atom. The molecule has 0 spiro atoms. The molecule has 0 aliphatic carbocycles. The number of ether oxygens (including phenoxy) is 3. The second-order valence-electron chi connectivity index (χ2n) is 17.7. The molecule has 64 heavy (non-hydrogen) atoms. The fraction of sp³-hybridized carbons (Fsp3) is 0.865. The first-order valence-electron chi connectivity index (χ1n) is 26.2. The zero-order valence-corrected chi connectivity index (χ0v) is 42.2. The van der Waals surface area contributed by atoms with Gasteiger partial charge in [-0.1, -0.05) is 199 Å². The van der Waals surface area contributed by atoms with Gasteiger partial charge in [-0.15, -0.1) is 0 Å². The number of hydrogen-bond donors (Lipinski definition) is 2. The van der Waals surface area contributed by atoms with Gasteiger partial charge >= 0.3 is 25.7 Å². The number of allylic oxidation sites excluding steroid dienone is 4. The Morgan fingerprint density at radius 1 is 0.422 bits per heavy atom. The first-order valence-corrected chi connectivity index (χ1v) is 27.7. The van der Waals surface area contributed by atoms with Crippen LogP contribution in [-0.2, 0) is 42.2 Å². The molecule has 0 aromatic rings. The second kappa shape index (κ2) is 47.5. The van der Waals surface area contributed by atoms with Crippen LogP contribution < -0.4 is 0 Å². The van der Waals surface area contributed by atoms with E-state index in [2.05, 4.69) is 45.1 Å². The van der Waals surface area contributed by atoms with Gasteiger partial charge in [-0.25, -0.2) is 4.57 Å². The van der Waals surface area contributed by atoms with Gasteiger partial charge in [-0.2, -0.15) is 0 Å². The van der Waals surface area contributed by atoms with Gasteiger partial charge in [0, 0.05) is 19.3 Å². The summed E-state index contributed by atoms with van der Waals surface area (Å²) in [6, 6.07) is 0. The Morgan fingerprint density at radius 3 is 1.12 bits per heavy atom. The molecule has 0 fully saturated rings. The highest BCUT2D eigenvalue weighted by molar-refractivity contribution is 7.47. The number of rotatable bonds is 49.